The molecule has 0 saturated carbocycles. The molecule has 5 heteroatoms. The van der Waals surface area contributed by atoms with Gasteiger partial charge in [0.05, 0.1) is 7.11 Å². The Morgan fingerprint density at radius 1 is 1.56 bits per heavy atom. The molecule has 0 amide bonds. The first-order valence-electron chi connectivity index (χ1n) is 4.95. The maximum absolute atomic E-state index is 13.2. The van der Waals surface area contributed by atoms with Gasteiger partial charge in [0.2, 0.25) is 0 Å². The van der Waals surface area contributed by atoms with Gasteiger partial charge in [0.25, 0.3) is 0 Å². The van der Waals surface area contributed by atoms with Crippen molar-refractivity contribution >= 4 is 17.4 Å². The quantitative estimate of drug-likeness (QED) is 0.616. The number of halogens is 1. The Morgan fingerprint density at radius 2 is 2.25 bits per heavy atom. The number of methoxy groups -OCH3 is 1. The van der Waals surface area contributed by atoms with Crippen LogP contribution in [0.1, 0.15) is 6.92 Å². The predicted octanol–water partition coefficient (Wildman–Crippen LogP) is 2.14. The van der Waals surface area contributed by atoms with Crippen molar-refractivity contribution in [2.45, 2.75) is 11.8 Å². The van der Waals surface area contributed by atoms with Crippen LogP contribution in [0, 0.1) is 11.7 Å². The molecular formula is C11H16FNO2S. The molecule has 3 N–H and O–H groups in total. The van der Waals surface area contributed by atoms with E-state index in [1.165, 1.54) is 24.9 Å². The molecule has 0 aliphatic carbocycles. The van der Waals surface area contributed by atoms with E-state index in [0.29, 0.717) is 5.69 Å². The Balaban J connectivity index is 2.79. The second kappa shape index (κ2) is 5.96. The highest BCUT2D eigenvalue weighted by atomic mass is 32.2. The van der Waals surface area contributed by atoms with Gasteiger partial charge >= 0.3 is 0 Å². The summed E-state index contributed by atoms with van der Waals surface area (Å²) in [6, 6.07) is 2.84. The van der Waals surface area contributed by atoms with Gasteiger partial charge < -0.3 is 15.6 Å². The first-order chi connectivity index (χ1) is 7.58. The van der Waals surface area contributed by atoms with E-state index in [-0.39, 0.29) is 18.3 Å². The lowest BCUT2D eigenvalue weighted by Gasteiger charge is -2.11. The molecule has 0 fully saturated rings. The summed E-state index contributed by atoms with van der Waals surface area (Å²) < 4.78 is 18.1. The summed E-state index contributed by atoms with van der Waals surface area (Å²) in [6.07, 6.45) is 0. The number of nitrogens with two attached hydrogens (primary N) is 1. The van der Waals surface area contributed by atoms with E-state index < -0.39 is 5.82 Å². The molecule has 1 unspecified atom stereocenters. The van der Waals surface area contributed by atoms with Crippen LogP contribution >= 0.6 is 11.8 Å². The number of hydrogen-bond donors (Lipinski definition) is 2. The summed E-state index contributed by atoms with van der Waals surface area (Å²) in [6.45, 7) is 2.06. The second-order valence-corrected chi connectivity index (χ2v) is 4.69. The number of thioether (sulfide) groups is 1. The zero-order valence-electron chi connectivity index (χ0n) is 9.37. The summed E-state index contributed by atoms with van der Waals surface area (Å²) in [5, 5.41) is 8.90. The predicted molar refractivity (Wildman–Crippen MR) is 64.3 cm³/mol. The van der Waals surface area contributed by atoms with Crippen molar-refractivity contribution in [1.29, 1.82) is 0 Å². The molecule has 0 aliphatic rings. The van der Waals surface area contributed by atoms with Crippen molar-refractivity contribution in [1.82, 2.24) is 0 Å². The third kappa shape index (κ3) is 3.28. The van der Waals surface area contributed by atoms with Crippen LogP contribution in [0.4, 0.5) is 10.1 Å². The van der Waals surface area contributed by atoms with Crippen LogP contribution < -0.4 is 10.5 Å². The molecule has 0 saturated heterocycles. The molecule has 0 spiro atoms. The van der Waals surface area contributed by atoms with Gasteiger partial charge in [-0.3, -0.25) is 0 Å². The summed E-state index contributed by atoms with van der Waals surface area (Å²) >= 11 is 1.49. The van der Waals surface area contributed by atoms with E-state index in [0.717, 1.165) is 10.6 Å². The molecule has 1 aromatic carbocycles. The van der Waals surface area contributed by atoms with Gasteiger partial charge in [0, 0.05) is 29.0 Å². The summed E-state index contributed by atoms with van der Waals surface area (Å²) in [5.41, 5.74) is 6.09. The Labute approximate surface area is 98.8 Å². The zero-order valence-corrected chi connectivity index (χ0v) is 10.2. The molecule has 0 radical (unpaired) electrons. The van der Waals surface area contributed by atoms with Crippen LogP contribution in [0.3, 0.4) is 0 Å². The van der Waals surface area contributed by atoms with Crippen LogP contribution in [0.5, 0.6) is 5.75 Å². The van der Waals surface area contributed by atoms with Crippen molar-refractivity contribution in [3.05, 3.63) is 17.9 Å². The van der Waals surface area contributed by atoms with Crippen molar-refractivity contribution < 1.29 is 14.2 Å². The maximum Gasteiger partial charge on any atom is 0.167 e. The van der Waals surface area contributed by atoms with E-state index in [2.05, 4.69) is 0 Å². The molecule has 0 bridgehead atoms. The molecule has 90 valence electrons. The van der Waals surface area contributed by atoms with Crippen LogP contribution in [0.25, 0.3) is 0 Å². The first kappa shape index (κ1) is 13.1. The third-order valence-corrected chi connectivity index (χ3v) is 3.52. The lowest BCUT2D eigenvalue weighted by Crippen LogP contribution is -2.04. The number of ether oxygens (including phenoxy) is 1. The van der Waals surface area contributed by atoms with E-state index in [9.17, 15) is 4.39 Å². The van der Waals surface area contributed by atoms with E-state index in [1.54, 1.807) is 6.07 Å². The minimum Gasteiger partial charge on any atom is -0.494 e. The van der Waals surface area contributed by atoms with Gasteiger partial charge in [-0.15, -0.1) is 11.8 Å². The standard InChI is InChI=1S/C11H16FNO2S/c1-7(5-14)6-16-11-4-10(15-2)8(12)3-9(11)13/h3-4,7,14H,5-6,13H2,1-2H3. The molecule has 1 aromatic rings. The number of hydrogen-bond acceptors (Lipinski definition) is 4. The third-order valence-electron chi connectivity index (χ3n) is 2.12. The molecule has 3 nitrogen and oxygen atoms in total. The lowest BCUT2D eigenvalue weighted by atomic mass is 10.2. The van der Waals surface area contributed by atoms with Gasteiger partial charge in [-0.1, -0.05) is 6.92 Å². The SMILES string of the molecule is COc1cc(SCC(C)CO)c(N)cc1F. The van der Waals surface area contributed by atoms with Crippen LogP contribution in [-0.2, 0) is 0 Å². The summed E-state index contributed by atoms with van der Waals surface area (Å²) in [5.74, 6) is 0.642. The maximum atomic E-state index is 13.2. The smallest absolute Gasteiger partial charge is 0.167 e. The normalized spacial score (nSPS) is 12.5. The van der Waals surface area contributed by atoms with E-state index in [1.807, 2.05) is 6.92 Å². The van der Waals surface area contributed by atoms with Gasteiger partial charge in [0.1, 0.15) is 0 Å². The highest BCUT2D eigenvalue weighted by molar-refractivity contribution is 7.99. The van der Waals surface area contributed by atoms with Crippen molar-refractivity contribution in [3.63, 3.8) is 0 Å². The molecule has 16 heavy (non-hydrogen) atoms. The average molecular weight is 245 g/mol. The van der Waals surface area contributed by atoms with Crippen molar-refractivity contribution in [3.8, 4) is 5.75 Å². The molecular weight excluding hydrogens is 229 g/mol. The Bertz CT molecular complexity index is 360. The van der Waals surface area contributed by atoms with Crippen molar-refractivity contribution in [2.75, 3.05) is 25.2 Å². The van der Waals surface area contributed by atoms with Crippen molar-refractivity contribution in [2.24, 2.45) is 5.92 Å². The topological polar surface area (TPSA) is 55.5 Å². The van der Waals surface area contributed by atoms with Crippen LogP contribution in [0.2, 0.25) is 0 Å². The highest BCUT2D eigenvalue weighted by Crippen LogP contribution is 2.32. The Hall–Kier alpha value is -0.940. The summed E-state index contributed by atoms with van der Waals surface area (Å²) in [7, 11) is 1.42. The number of rotatable bonds is 5. The molecule has 1 atom stereocenters. The summed E-state index contributed by atoms with van der Waals surface area (Å²) in [4.78, 5) is 0.776. The van der Waals surface area contributed by atoms with Gasteiger partial charge in [-0.05, 0) is 12.0 Å². The van der Waals surface area contributed by atoms with E-state index in [4.69, 9.17) is 15.6 Å². The van der Waals surface area contributed by atoms with E-state index >= 15 is 0 Å². The van der Waals surface area contributed by atoms with Crippen LogP contribution in [-0.4, -0.2) is 24.6 Å². The molecule has 0 aliphatic heterocycles. The second-order valence-electron chi connectivity index (χ2n) is 3.62. The molecule has 0 aromatic heterocycles. The fourth-order valence-corrected chi connectivity index (χ4v) is 2.10. The fourth-order valence-electron chi connectivity index (χ4n) is 1.12. The zero-order chi connectivity index (χ0) is 12.1. The van der Waals surface area contributed by atoms with Gasteiger partial charge in [0.15, 0.2) is 11.6 Å². The van der Waals surface area contributed by atoms with Crippen LogP contribution in [0.15, 0.2) is 17.0 Å². The van der Waals surface area contributed by atoms with Gasteiger partial charge in [-0.25, -0.2) is 4.39 Å². The Morgan fingerprint density at radius 3 is 2.81 bits per heavy atom. The number of aliphatic hydroxyl groups is 1. The minimum absolute atomic E-state index is 0.130. The fraction of sp³-hybridized carbons (Fsp3) is 0.455. The average Bonchev–Trinajstić information content (AvgIpc) is 2.27. The monoisotopic (exact) mass is 245 g/mol. The first-order valence-corrected chi connectivity index (χ1v) is 5.93. The largest absolute Gasteiger partial charge is 0.494 e. The number of nitrogen functional groups attached to an aromatic ring is 1. The number of aliphatic hydroxyl groups excluding tert-OH is 1. The number of anilines is 1. The lowest BCUT2D eigenvalue weighted by molar-refractivity contribution is 0.250. The Kier molecular flexibility index (Phi) is 4.89. The highest BCUT2D eigenvalue weighted by Gasteiger charge is 2.10. The number of benzene rings is 1. The molecule has 1 rings (SSSR count). The molecule has 0 heterocycles. The minimum atomic E-state index is -0.459. The van der Waals surface area contributed by atoms with Gasteiger partial charge in [-0.2, -0.15) is 0 Å².